The summed E-state index contributed by atoms with van der Waals surface area (Å²) in [4.78, 5) is 14.7. The fraction of sp³-hybridized carbons (Fsp3) is 0.474. The van der Waals surface area contributed by atoms with Crippen molar-refractivity contribution < 1.29 is 4.79 Å². The van der Waals surface area contributed by atoms with E-state index >= 15 is 0 Å². The third kappa shape index (κ3) is 3.88. The highest BCUT2D eigenvalue weighted by atomic mass is 35.5. The van der Waals surface area contributed by atoms with Gasteiger partial charge in [0, 0.05) is 29.4 Å². The Kier molecular flexibility index (Phi) is 5.45. The lowest BCUT2D eigenvalue weighted by Gasteiger charge is -2.17. The Morgan fingerprint density at radius 2 is 2.04 bits per heavy atom. The zero-order valence-electron chi connectivity index (χ0n) is 15.1. The molecule has 0 radical (unpaired) electrons. The molecule has 0 bridgehead atoms. The van der Waals surface area contributed by atoms with Gasteiger partial charge in [-0.15, -0.1) is 0 Å². The predicted octanol–water partition coefficient (Wildman–Crippen LogP) is 2.75. The van der Waals surface area contributed by atoms with Crippen LogP contribution in [0.25, 0.3) is 5.69 Å². The molecule has 1 unspecified atom stereocenters. The third-order valence-electron chi connectivity index (χ3n) is 4.97. The Bertz CT molecular complexity index is 754. The highest BCUT2D eigenvalue weighted by molar-refractivity contribution is 6.30. The van der Waals surface area contributed by atoms with Crippen LogP contribution in [0.3, 0.4) is 0 Å². The summed E-state index contributed by atoms with van der Waals surface area (Å²) in [5, 5.41) is 8.53. The first-order valence-electron chi connectivity index (χ1n) is 8.73. The molecule has 0 saturated carbocycles. The van der Waals surface area contributed by atoms with Gasteiger partial charge in [0.2, 0.25) is 5.91 Å². The number of likely N-dealkylation sites (tertiary alicyclic amines) is 1. The first-order chi connectivity index (χ1) is 12.0. The van der Waals surface area contributed by atoms with E-state index in [0.29, 0.717) is 17.4 Å². The number of aromatic nitrogens is 2. The van der Waals surface area contributed by atoms with E-state index in [-0.39, 0.29) is 5.91 Å². The molecule has 1 amide bonds. The molecular formula is C19H25ClN4O. The van der Waals surface area contributed by atoms with Crippen LogP contribution in [0, 0.1) is 19.8 Å². The van der Waals surface area contributed by atoms with E-state index in [9.17, 15) is 4.79 Å². The van der Waals surface area contributed by atoms with Gasteiger partial charge in [0.15, 0.2) is 0 Å². The number of rotatable bonds is 5. The normalized spacial score (nSPS) is 17.3. The van der Waals surface area contributed by atoms with Crippen LogP contribution in [0.2, 0.25) is 5.02 Å². The molecule has 5 nitrogen and oxygen atoms in total. The van der Waals surface area contributed by atoms with Gasteiger partial charge in [-0.2, -0.15) is 5.10 Å². The summed E-state index contributed by atoms with van der Waals surface area (Å²) in [7, 11) is 1.96. The molecule has 1 N–H and O–H groups in total. The van der Waals surface area contributed by atoms with E-state index in [1.165, 1.54) is 0 Å². The zero-order valence-corrected chi connectivity index (χ0v) is 15.8. The Balaban J connectivity index is 1.75. The number of aryl methyl sites for hydroxylation is 1. The van der Waals surface area contributed by atoms with Gasteiger partial charge < -0.3 is 10.2 Å². The van der Waals surface area contributed by atoms with Crippen LogP contribution in [-0.2, 0) is 11.2 Å². The SMILES string of the molecule is CNCC1CCN(C(=O)Cc2c(C)nn(-c3ccc(Cl)cc3)c2C)C1. The quantitative estimate of drug-likeness (QED) is 0.892. The van der Waals surface area contributed by atoms with E-state index in [2.05, 4.69) is 10.4 Å². The highest BCUT2D eigenvalue weighted by Crippen LogP contribution is 2.22. The van der Waals surface area contributed by atoms with Gasteiger partial charge in [0.05, 0.1) is 17.8 Å². The molecular weight excluding hydrogens is 336 g/mol. The van der Waals surface area contributed by atoms with Crippen LogP contribution in [0.1, 0.15) is 23.4 Å². The molecule has 1 atom stereocenters. The maximum Gasteiger partial charge on any atom is 0.227 e. The van der Waals surface area contributed by atoms with Crippen molar-refractivity contribution in [3.8, 4) is 5.69 Å². The molecule has 2 aromatic rings. The number of carbonyl (C=O) groups excluding carboxylic acids is 1. The van der Waals surface area contributed by atoms with Gasteiger partial charge in [-0.25, -0.2) is 4.68 Å². The van der Waals surface area contributed by atoms with Crippen molar-refractivity contribution in [3.05, 3.63) is 46.2 Å². The summed E-state index contributed by atoms with van der Waals surface area (Å²) in [5.74, 6) is 0.758. The standard InChI is InChI=1S/C19H25ClN4O/c1-13-18(10-19(25)23-9-8-15(12-23)11-21-3)14(2)24(22-13)17-6-4-16(20)5-7-17/h4-7,15,21H,8-12H2,1-3H3. The molecule has 25 heavy (non-hydrogen) atoms. The van der Waals surface area contributed by atoms with Crippen molar-refractivity contribution in [1.82, 2.24) is 20.0 Å². The first kappa shape index (κ1) is 18.0. The Labute approximate surface area is 154 Å². The number of amides is 1. The number of benzene rings is 1. The van der Waals surface area contributed by atoms with Crippen molar-refractivity contribution in [2.45, 2.75) is 26.7 Å². The zero-order chi connectivity index (χ0) is 18.0. The van der Waals surface area contributed by atoms with Crippen molar-refractivity contribution in [1.29, 1.82) is 0 Å². The molecule has 0 aliphatic carbocycles. The second kappa shape index (κ2) is 7.58. The minimum Gasteiger partial charge on any atom is -0.342 e. The summed E-state index contributed by atoms with van der Waals surface area (Å²) in [6.45, 7) is 6.66. The van der Waals surface area contributed by atoms with Gasteiger partial charge in [0.25, 0.3) is 0 Å². The highest BCUT2D eigenvalue weighted by Gasteiger charge is 2.27. The summed E-state index contributed by atoms with van der Waals surface area (Å²) in [6.07, 6.45) is 1.49. The van der Waals surface area contributed by atoms with Crippen molar-refractivity contribution in [2.75, 3.05) is 26.7 Å². The Hall–Kier alpha value is -1.85. The largest absolute Gasteiger partial charge is 0.342 e. The van der Waals surface area contributed by atoms with Gasteiger partial charge in [-0.05, 0) is 64.0 Å². The van der Waals surface area contributed by atoms with Crippen LogP contribution in [0.5, 0.6) is 0 Å². The van der Waals surface area contributed by atoms with E-state index < -0.39 is 0 Å². The van der Waals surface area contributed by atoms with Crippen molar-refractivity contribution >= 4 is 17.5 Å². The van der Waals surface area contributed by atoms with E-state index in [0.717, 1.165) is 48.7 Å². The fourth-order valence-electron chi connectivity index (χ4n) is 3.54. The Morgan fingerprint density at radius 3 is 2.72 bits per heavy atom. The summed E-state index contributed by atoms with van der Waals surface area (Å²) < 4.78 is 1.89. The van der Waals surface area contributed by atoms with Crippen LogP contribution in [-0.4, -0.2) is 47.3 Å². The van der Waals surface area contributed by atoms with Crippen LogP contribution in [0.15, 0.2) is 24.3 Å². The molecule has 0 spiro atoms. The lowest BCUT2D eigenvalue weighted by atomic mass is 10.1. The average Bonchev–Trinajstić information content (AvgIpc) is 3.16. The Morgan fingerprint density at radius 1 is 1.32 bits per heavy atom. The summed E-state index contributed by atoms with van der Waals surface area (Å²) >= 11 is 5.97. The maximum atomic E-state index is 12.7. The summed E-state index contributed by atoms with van der Waals surface area (Å²) in [6, 6.07) is 7.58. The molecule has 2 heterocycles. The third-order valence-corrected chi connectivity index (χ3v) is 5.22. The van der Waals surface area contributed by atoms with Crippen molar-refractivity contribution in [3.63, 3.8) is 0 Å². The lowest BCUT2D eigenvalue weighted by molar-refractivity contribution is -0.129. The number of nitrogens with one attached hydrogen (secondary N) is 1. The smallest absolute Gasteiger partial charge is 0.227 e. The van der Waals surface area contributed by atoms with Gasteiger partial charge in [0.1, 0.15) is 0 Å². The molecule has 1 saturated heterocycles. The van der Waals surface area contributed by atoms with E-state index in [1.54, 1.807) is 0 Å². The molecule has 3 rings (SSSR count). The van der Waals surface area contributed by atoms with Gasteiger partial charge in [-0.1, -0.05) is 11.6 Å². The second-order valence-electron chi connectivity index (χ2n) is 6.77. The fourth-order valence-corrected chi connectivity index (χ4v) is 3.67. The molecule has 134 valence electrons. The van der Waals surface area contributed by atoms with Gasteiger partial charge >= 0.3 is 0 Å². The molecule has 1 aliphatic heterocycles. The first-order valence-corrected chi connectivity index (χ1v) is 9.10. The number of halogens is 1. The van der Waals surface area contributed by atoms with Gasteiger partial charge in [-0.3, -0.25) is 4.79 Å². The number of nitrogens with zero attached hydrogens (tertiary/aromatic N) is 3. The number of hydrogen-bond acceptors (Lipinski definition) is 3. The predicted molar refractivity (Wildman–Crippen MR) is 100 cm³/mol. The number of hydrogen-bond donors (Lipinski definition) is 1. The number of carbonyl (C=O) groups is 1. The minimum atomic E-state index is 0.195. The average molecular weight is 361 g/mol. The summed E-state index contributed by atoms with van der Waals surface area (Å²) in [5.41, 5.74) is 3.90. The monoisotopic (exact) mass is 360 g/mol. The maximum absolute atomic E-state index is 12.7. The van der Waals surface area contributed by atoms with E-state index in [4.69, 9.17) is 11.6 Å². The van der Waals surface area contributed by atoms with Crippen LogP contribution in [0.4, 0.5) is 0 Å². The molecule has 1 fully saturated rings. The minimum absolute atomic E-state index is 0.195. The molecule has 1 aliphatic rings. The second-order valence-corrected chi connectivity index (χ2v) is 7.20. The lowest BCUT2D eigenvalue weighted by Crippen LogP contribution is -2.31. The topological polar surface area (TPSA) is 50.2 Å². The molecule has 1 aromatic carbocycles. The van der Waals surface area contributed by atoms with Crippen LogP contribution >= 0.6 is 11.6 Å². The molecule has 6 heteroatoms. The van der Waals surface area contributed by atoms with E-state index in [1.807, 2.05) is 54.7 Å². The van der Waals surface area contributed by atoms with Crippen molar-refractivity contribution in [2.24, 2.45) is 5.92 Å². The molecule has 1 aromatic heterocycles. The van der Waals surface area contributed by atoms with Crippen LogP contribution < -0.4 is 5.32 Å².